The lowest BCUT2D eigenvalue weighted by Crippen LogP contribution is -2.37. The van der Waals surface area contributed by atoms with Crippen molar-refractivity contribution in [2.24, 2.45) is 16.0 Å². The number of hydrogen-bond acceptors (Lipinski definition) is 8. The summed E-state index contributed by atoms with van der Waals surface area (Å²) in [5, 5.41) is 20.1. The van der Waals surface area contributed by atoms with Crippen LogP contribution in [0.25, 0.3) is 16.9 Å². The van der Waals surface area contributed by atoms with Gasteiger partial charge >= 0.3 is 6.18 Å². The molecule has 47 heavy (non-hydrogen) atoms. The van der Waals surface area contributed by atoms with Crippen molar-refractivity contribution in [2.75, 3.05) is 31.2 Å². The van der Waals surface area contributed by atoms with Crippen LogP contribution in [-0.4, -0.2) is 57.3 Å². The number of nitrogens with two attached hydrogens (primary N) is 1. The average Bonchev–Trinajstić information content (AvgIpc) is 3.53. The van der Waals surface area contributed by atoms with Crippen LogP contribution < -0.4 is 14.8 Å². The predicted molar refractivity (Wildman–Crippen MR) is 182 cm³/mol. The number of unbranched alkanes of at least 4 members (excludes halogenated alkanes) is 3. The Morgan fingerprint density at radius 1 is 0.936 bits per heavy atom. The zero-order valence-corrected chi connectivity index (χ0v) is 28.3. The summed E-state index contributed by atoms with van der Waals surface area (Å²) >= 11 is 1.20. The Morgan fingerprint density at radius 3 is 2.45 bits per heavy atom. The van der Waals surface area contributed by atoms with E-state index in [9.17, 15) is 18.3 Å². The highest BCUT2D eigenvalue weighted by molar-refractivity contribution is 7.97. The van der Waals surface area contributed by atoms with Gasteiger partial charge < -0.3 is 14.7 Å². The summed E-state index contributed by atoms with van der Waals surface area (Å²) in [5.41, 5.74) is 1.33. The molecule has 3 heterocycles. The van der Waals surface area contributed by atoms with E-state index in [1.54, 1.807) is 29.3 Å². The molecule has 0 amide bonds. The number of halogens is 3. The minimum absolute atomic E-state index is 0.0852. The van der Waals surface area contributed by atoms with Crippen LogP contribution in [-0.2, 0) is 6.42 Å². The zero-order chi connectivity index (χ0) is 34.1. The molecule has 3 aromatic heterocycles. The Morgan fingerprint density at radius 2 is 1.70 bits per heavy atom. The number of anilines is 1. The third-order valence-electron chi connectivity index (χ3n) is 8.07. The maximum atomic E-state index is 13.3. The molecule has 1 aromatic carbocycles. The first-order valence-corrected chi connectivity index (χ1v) is 16.7. The smallest absolute Gasteiger partial charge is 0.397 e. The molecule has 254 valence electrons. The van der Waals surface area contributed by atoms with Crippen molar-refractivity contribution in [1.82, 2.24) is 19.7 Å². The summed E-state index contributed by atoms with van der Waals surface area (Å²) < 4.78 is 46.9. The Kier molecular flexibility index (Phi) is 12.3. The van der Waals surface area contributed by atoms with Gasteiger partial charge in [0.1, 0.15) is 12.4 Å². The van der Waals surface area contributed by atoms with Crippen LogP contribution in [0.4, 0.5) is 19.0 Å². The van der Waals surface area contributed by atoms with E-state index in [0.717, 1.165) is 80.0 Å². The van der Waals surface area contributed by atoms with Gasteiger partial charge in [0.25, 0.3) is 0 Å². The van der Waals surface area contributed by atoms with E-state index >= 15 is 0 Å². The lowest BCUT2D eigenvalue weighted by molar-refractivity contribution is -0.219. The van der Waals surface area contributed by atoms with E-state index in [1.165, 1.54) is 11.9 Å². The molecular formula is C35H45F3N6O2S. The summed E-state index contributed by atoms with van der Waals surface area (Å²) in [6, 6.07) is 17.3. The molecule has 0 saturated heterocycles. The number of hydrogen-bond donors (Lipinski definition) is 2. The van der Waals surface area contributed by atoms with Gasteiger partial charge in [-0.2, -0.15) is 13.2 Å². The van der Waals surface area contributed by atoms with Gasteiger partial charge in [0.2, 0.25) is 5.88 Å². The van der Waals surface area contributed by atoms with Crippen LogP contribution >= 0.6 is 11.9 Å². The van der Waals surface area contributed by atoms with Crippen molar-refractivity contribution in [1.29, 1.82) is 0 Å². The van der Waals surface area contributed by atoms with Gasteiger partial charge in [0.15, 0.2) is 0 Å². The first-order chi connectivity index (χ1) is 22.3. The molecule has 12 heteroatoms. The second-order valence-corrected chi connectivity index (χ2v) is 13.9. The summed E-state index contributed by atoms with van der Waals surface area (Å²) in [7, 11) is 0. The Hall–Kier alpha value is -3.61. The number of aryl methyl sites for hydroxylation is 1. The first kappa shape index (κ1) is 36.2. The van der Waals surface area contributed by atoms with Gasteiger partial charge in [0, 0.05) is 60.2 Å². The van der Waals surface area contributed by atoms with E-state index in [1.807, 2.05) is 56.3 Å². The molecular weight excluding hydrogens is 625 g/mol. The Balaban J connectivity index is 1.38. The van der Waals surface area contributed by atoms with E-state index in [4.69, 9.17) is 9.88 Å². The predicted octanol–water partition coefficient (Wildman–Crippen LogP) is 7.89. The van der Waals surface area contributed by atoms with Gasteiger partial charge in [-0.3, -0.25) is 10.1 Å². The lowest BCUT2D eigenvalue weighted by Gasteiger charge is -2.32. The fourth-order valence-corrected chi connectivity index (χ4v) is 5.38. The molecule has 0 bridgehead atoms. The molecule has 0 saturated carbocycles. The molecule has 0 atom stereocenters. The molecule has 4 rings (SSSR count). The van der Waals surface area contributed by atoms with Gasteiger partial charge in [-0.05, 0) is 74.9 Å². The molecule has 0 radical (unpaired) electrons. The van der Waals surface area contributed by atoms with E-state index in [2.05, 4.69) is 26.0 Å². The van der Waals surface area contributed by atoms with Crippen LogP contribution in [0, 0.1) is 10.8 Å². The van der Waals surface area contributed by atoms with Crippen LogP contribution in [0.1, 0.15) is 58.9 Å². The van der Waals surface area contributed by atoms with Gasteiger partial charge in [-0.15, -0.1) is 5.10 Å². The maximum Gasteiger partial charge on any atom is 0.397 e. The lowest BCUT2D eigenvalue weighted by atomic mass is 9.94. The molecule has 0 aliphatic rings. The molecule has 0 spiro atoms. The first-order valence-electron chi connectivity index (χ1n) is 15.8. The van der Waals surface area contributed by atoms with Crippen LogP contribution in [0.15, 0.2) is 78.1 Å². The Labute approximate surface area is 279 Å². The van der Waals surface area contributed by atoms with Crippen LogP contribution in [0.5, 0.6) is 5.88 Å². The quantitative estimate of drug-likeness (QED) is 0.0864. The van der Waals surface area contributed by atoms with Crippen molar-refractivity contribution in [2.45, 2.75) is 70.9 Å². The minimum Gasteiger partial charge on any atom is -0.476 e. The summed E-state index contributed by atoms with van der Waals surface area (Å²) in [6.07, 6.45) is 5.71. The summed E-state index contributed by atoms with van der Waals surface area (Å²) in [5.74, 6) is 0.980. The normalized spacial score (nSPS) is 12.4. The van der Waals surface area contributed by atoms with Gasteiger partial charge in [0.05, 0.1) is 16.8 Å². The van der Waals surface area contributed by atoms with Crippen molar-refractivity contribution in [3.8, 4) is 22.8 Å². The van der Waals surface area contributed by atoms with E-state index < -0.39 is 18.2 Å². The number of nitrogens with zero attached hydrogens (tertiary/aromatic N) is 5. The number of aliphatic hydroxyl groups excluding tert-OH is 1. The van der Waals surface area contributed by atoms with E-state index in [0.29, 0.717) is 12.2 Å². The van der Waals surface area contributed by atoms with Crippen molar-refractivity contribution >= 4 is 17.8 Å². The average molecular weight is 671 g/mol. The number of aromatic nitrogens is 4. The van der Waals surface area contributed by atoms with Crippen molar-refractivity contribution < 1.29 is 23.0 Å². The molecule has 0 aliphatic carbocycles. The number of rotatable bonds is 17. The number of benzene rings is 1. The molecule has 0 unspecified atom stereocenters. The highest BCUT2D eigenvalue weighted by Gasteiger charge is 2.48. The zero-order valence-electron chi connectivity index (χ0n) is 27.5. The number of pyridine rings is 2. The van der Waals surface area contributed by atoms with Gasteiger partial charge in [-0.25, -0.2) is 9.67 Å². The third-order valence-corrected chi connectivity index (χ3v) is 8.59. The SMILES string of the molecule is CC(C)(CO)CN(CCCCCCc1ccccc1-c1ncccc1-n1ccc(OCC(C)(C)C(F)(F)F)n1)c1cc(SN)ccn1. The monoisotopic (exact) mass is 670 g/mol. The largest absolute Gasteiger partial charge is 0.476 e. The molecule has 3 N–H and O–H groups in total. The second kappa shape index (κ2) is 16.0. The molecule has 0 aliphatic heterocycles. The standard InChI is InChI=1S/C35H45F3N6O2S/c1-33(2,24-45)23-43(30-22-27(47-39)16-19-40-30)20-10-6-5-7-12-26-13-8-9-14-28(26)32-29(15-11-18-41-32)44-21-17-31(42-44)46-25-34(3,4)35(36,37)38/h8-9,11,13-19,21-22,45H,5-7,10,12,20,23-25,39H2,1-4H3. The molecule has 4 aromatic rings. The number of aliphatic hydroxyl groups is 1. The molecule has 0 fully saturated rings. The summed E-state index contributed by atoms with van der Waals surface area (Å²) in [6.45, 7) is 7.36. The Bertz CT molecular complexity index is 1580. The maximum absolute atomic E-state index is 13.3. The third kappa shape index (κ3) is 9.94. The van der Waals surface area contributed by atoms with Crippen LogP contribution in [0.2, 0.25) is 0 Å². The van der Waals surface area contributed by atoms with Crippen LogP contribution in [0.3, 0.4) is 0 Å². The fourth-order valence-electron chi connectivity index (χ4n) is 5.07. The highest BCUT2D eigenvalue weighted by Crippen LogP contribution is 2.38. The number of alkyl halides is 3. The highest BCUT2D eigenvalue weighted by atomic mass is 32.2. The minimum atomic E-state index is -4.39. The van der Waals surface area contributed by atoms with Crippen molar-refractivity contribution in [3.63, 3.8) is 0 Å². The second-order valence-electron chi connectivity index (χ2n) is 13.2. The fraction of sp³-hybridized carbons (Fsp3) is 0.457. The topological polar surface area (TPSA) is 102 Å². The summed E-state index contributed by atoms with van der Waals surface area (Å²) in [4.78, 5) is 12.4. The van der Waals surface area contributed by atoms with Crippen molar-refractivity contribution in [3.05, 3.63) is 78.8 Å². The van der Waals surface area contributed by atoms with E-state index in [-0.39, 0.29) is 17.9 Å². The molecule has 8 nitrogen and oxygen atoms in total. The number of ether oxygens (including phenoxy) is 1. The van der Waals surface area contributed by atoms with Gasteiger partial charge in [-0.1, -0.05) is 51.0 Å².